The van der Waals surface area contributed by atoms with Crippen LogP contribution in [0.3, 0.4) is 0 Å². The van der Waals surface area contributed by atoms with E-state index in [4.69, 9.17) is 5.11 Å². The molecule has 0 atom stereocenters. The van der Waals surface area contributed by atoms with Gasteiger partial charge in [-0.15, -0.1) is 34.4 Å². The van der Waals surface area contributed by atoms with E-state index in [2.05, 4.69) is 23.6 Å². The molecule has 0 aliphatic carbocycles. The predicted octanol–water partition coefficient (Wildman–Crippen LogP) is 4.95. The van der Waals surface area contributed by atoms with Crippen molar-refractivity contribution in [3.8, 4) is 0 Å². The highest BCUT2D eigenvalue weighted by Crippen LogP contribution is 2.33. The van der Waals surface area contributed by atoms with Gasteiger partial charge >= 0.3 is 5.97 Å². The standard InChI is InChI=1S/C14H10O2S3/c15-14(16)13-5-10(8-19-13)17-6-9-7-18-12-4-2-1-3-11(9)12/h1-5,7-8H,6H2,(H,15,16). The van der Waals surface area contributed by atoms with Crippen molar-refractivity contribution in [2.75, 3.05) is 0 Å². The second-order valence-electron chi connectivity index (χ2n) is 4.00. The third kappa shape index (κ3) is 2.68. The van der Waals surface area contributed by atoms with Crippen LogP contribution >= 0.6 is 34.4 Å². The van der Waals surface area contributed by atoms with Gasteiger partial charge in [-0.05, 0) is 28.5 Å². The molecule has 0 spiro atoms. The summed E-state index contributed by atoms with van der Waals surface area (Å²) in [4.78, 5) is 12.3. The van der Waals surface area contributed by atoms with Crippen LogP contribution in [0.25, 0.3) is 10.1 Å². The molecule has 0 saturated carbocycles. The minimum atomic E-state index is -0.849. The van der Waals surface area contributed by atoms with Crippen LogP contribution in [-0.4, -0.2) is 11.1 Å². The molecule has 96 valence electrons. The highest BCUT2D eigenvalue weighted by atomic mass is 32.2. The SMILES string of the molecule is O=C(O)c1cc(SCc2csc3ccccc23)cs1. The Kier molecular flexibility index (Phi) is 3.59. The van der Waals surface area contributed by atoms with Crippen molar-refractivity contribution < 1.29 is 9.90 Å². The van der Waals surface area contributed by atoms with Crippen LogP contribution in [0.1, 0.15) is 15.2 Å². The largest absolute Gasteiger partial charge is 0.477 e. The van der Waals surface area contributed by atoms with Gasteiger partial charge < -0.3 is 5.11 Å². The van der Waals surface area contributed by atoms with E-state index < -0.39 is 5.97 Å². The van der Waals surface area contributed by atoms with Gasteiger partial charge in [0.25, 0.3) is 0 Å². The number of carbonyl (C=O) groups is 1. The van der Waals surface area contributed by atoms with Crippen LogP contribution in [-0.2, 0) is 5.75 Å². The quantitative estimate of drug-likeness (QED) is 0.693. The van der Waals surface area contributed by atoms with Crippen molar-refractivity contribution in [2.24, 2.45) is 0 Å². The Bertz CT molecular complexity index is 727. The molecule has 0 radical (unpaired) electrons. The van der Waals surface area contributed by atoms with Crippen molar-refractivity contribution in [1.82, 2.24) is 0 Å². The van der Waals surface area contributed by atoms with E-state index in [-0.39, 0.29) is 0 Å². The fourth-order valence-electron chi connectivity index (χ4n) is 1.81. The minimum absolute atomic E-state index is 0.401. The van der Waals surface area contributed by atoms with Gasteiger partial charge in [0.2, 0.25) is 0 Å². The topological polar surface area (TPSA) is 37.3 Å². The van der Waals surface area contributed by atoms with Gasteiger partial charge in [0, 0.05) is 20.7 Å². The molecule has 3 rings (SSSR count). The van der Waals surface area contributed by atoms with Gasteiger partial charge in [0.15, 0.2) is 0 Å². The lowest BCUT2D eigenvalue weighted by Crippen LogP contribution is -1.89. The molecular formula is C14H10O2S3. The Balaban J connectivity index is 1.76. The normalized spacial score (nSPS) is 10.9. The zero-order valence-electron chi connectivity index (χ0n) is 9.83. The average Bonchev–Trinajstić information content (AvgIpc) is 3.03. The predicted molar refractivity (Wildman–Crippen MR) is 82.7 cm³/mol. The van der Waals surface area contributed by atoms with Crippen LogP contribution in [0.5, 0.6) is 0 Å². The summed E-state index contributed by atoms with van der Waals surface area (Å²) in [6.45, 7) is 0. The summed E-state index contributed by atoms with van der Waals surface area (Å²) >= 11 is 4.72. The summed E-state index contributed by atoms with van der Waals surface area (Å²) in [5.41, 5.74) is 1.31. The molecule has 0 aliphatic heterocycles. The number of carboxylic acids is 1. The molecule has 2 aromatic heterocycles. The Hall–Kier alpha value is -1.30. The second kappa shape index (κ2) is 5.36. The van der Waals surface area contributed by atoms with Crippen molar-refractivity contribution in [3.05, 3.63) is 51.5 Å². The third-order valence-electron chi connectivity index (χ3n) is 2.74. The molecule has 2 nitrogen and oxygen atoms in total. The van der Waals surface area contributed by atoms with E-state index in [1.165, 1.54) is 27.0 Å². The first-order chi connectivity index (χ1) is 9.24. The van der Waals surface area contributed by atoms with Crippen molar-refractivity contribution in [1.29, 1.82) is 0 Å². The summed E-state index contributed by atoms with van der Waals surface area (Å²) in [5, 5.41) is 14.3. The molecule has 0 amide bonds. The monoisotopic (exact) mass is 306 g/mol. The number of aromatic carboxylic acids is 1. The maximum Gasteiger partial charge on any atom is 0.345 e. The van der Waals surface area contributed by atoms with E-state index in [0.717, 1.165) is 10.6 Å². The molecule has 0 bridgehead atoms. The molecule has 2 heterocycles. The fourth-order valence-corrected chi connectivity index (χ4v) is 4.74. The molecule has 0 aliphatic rings. The highest BCUT2D eigenvalue weighted by Gasteiger charge is 2.08. The first-order valence-electron chi connectivity index (χ1n) is 5.64. The summed E-state index contributed by atoms with van der Waals surface area (Å²) in [7, 11) is 0. The molecular weight excluding hydrogens is 296 g/mol. The maximum atomic E-state index is 10.8. The van der Waals surface area contributed by atoms with Crippen LogP contribution in [0.4, 0.5) is 0 Å². The van der Waals surface area contributed by atoms with Gasteiger partial charge in [0.05, 0.1) is 0 Å². The zero-order valence-corrected chi connectivity index (χ0v) is 12.3. The van der Waals surface area contributed by atoms with Crippen molar-refractivity contribution >= 4 is 50.5 Å². The van der Waals surface area contributed by atoms with Crippen LogP contribution < -0.4 is 0 Å². The van der Waals surface area contributed by atoms with Gasteiger partial charge in [-0.1, -0.05) is 18.2 Å². The van der Waals surface area contributed by atoms with E-state index in [0.29, 0.717) is 4.88 Å². The lowest BCUT2D eigenvalue weighted by Gasteiger charge is -1.98. The minimum Gasteiger partial charge on any atom is -0.477 e. The average molecular weight is 306 g/mol. The zero-order chi connectivity index (χ0) is 13.2. The van der Waals surface area contributed by atoms with Crippen LogP contribution in [0, 0.1) is 0 Å². The Labute approximate surface area is 122 Å². The number of thioether (sulfide) groups is 1. The number of hydrogen-bond acceptors (Lipinski definition) is 4. The van der Waals surface area contributed by atoms with Crippen molar-refractivity contribution in [2.45, 2.75) is 10.6 Å². The lowest BCUT2D eigenvalue weighted by atomic mass is 10.2. The maximum absolute atomic E-state index is 10.8. The fraction of sp³-hybridized carbons (Fsp3) is 0.0714. The number of benzene rings is 1. The molecule has 0 saturated heterocycles. The first kappa shape index (κ1) is 12.7. The number of hydrogen-bond donors (Lipinski definition) is 1. The molecule has 3 aromatic rings. The van der Waals surface area contributed by atoms with Crippen LogP contribution in [0.2, 0.25) is 0 Å². The number of rotatable bonds is 4. The Morgan fingerprint density at radius 3 is 2.84 bits per heavy atom. The lowest BCUT2D eigenvalue weighted by molar-refractivity contribution is 0.0702. The molecule has 0 unspecified atom stereocenters. The molecule has 5 heteroatoms. The summed E-state index contributed by atoms with van der Waals surface area (Å²) < 4.78 is 1.30. The van der Waals surface area contributed by atoms with Gasteiger partial charge in [-0.3, -0.25) is 0 Å². The summed E-state index contributed by atoms with van der Waals surface area (Å²) in [6, 6.07) is 10.1. The first-order valence-corrected chi connectivity index (χ1v) is 8.38. The third-order valence-corrected chi connectivity index (χ3v) is 5.85. The van der Waals surface area contributed by atoms with Gasteiger partial charge in [-0.25, -0.2) is 4.79 Å². The molecule has 19 heavy (non-hydrogen) atoms. The van der Waals surface area contributed by atoms with Gasteiger partial charge in [-0.2, -0.15) is 0 Å². The summed E-state index contributed by atoms with van der Waals surface area (Å²) in [6.07, 6.45) is 0. The summed E-state index contributed by atoms with van der Waals surface area (Å²) in [5.74, 6) is 0.0256. The molecule has 0 fully saturated rings. The second-order valence-corrected chi connectivity index (χ2v) is 6.87. The smallest absolute Gasteiger partial charge is 0.345 e. The highest BCUT2D eigenvalue weighted by molar-refractivity contribution is 7.98. The number of carboxylic acid groups (broad SMARTS) is 1. The van der Waals surface area contributed by atoms with Gasteiger partial charge in [0.1, 0.15) is 4.88 Å². The number of fused-ring (bicyclic) bond motifs is 1. The van der Waals surface area contributed by atoms with E-state index in [9.17, 15) is 4.79 Å². The van der Waals surface area contributed by atoms with Crippen LogP contribution in [0.15, 0.2) is 46.0 Å². The van der Waals surface area contributed by atoms with Crippen molar-refractivity contribution in [3.63, 3.8) is 0 Å². The number of thiophene rings is 2. The van der Waals surface area contributed by atoms with E-state index in [1.807, 2.05) is 11.4 Å². The Morgan fingerprint density at radius 2 is 2.05 bits per heavy atom. The molecule has 1 aromatic carbocycles. The van der Waals surface area contributed by atoms with E-state index >= 15 is 0 Å². The van der Waals surface area contributed by atoms with E-state index in [1.54, 1.807) is 29.2 Å². The Morgan fingerprint density at radius 1 is 1.21 bits per heavy atom. The molecule has 1 N–H and O–H groups in total.